The van der Waals surface area contributed by atoms with Gasteiger partial charge in [-0.05, 0) is 44.6 Å². The minimum absolute atomic E-state index is 1.49. The first-order valence-electron chi connectivity index (χ1n) is 3.02. The normalized spacial score (nSPS) is 18.7. The van der Waals surface area contributed by atoms with Gasteiger partial charge in [-0.15, -0.1) is 0 Å². The zero-order chi connectivity index (χ0) is 8.49. The van der Waals surface area contributed by atoms with Gasteiger partial charge in [-0.25, -0.2) is 8.80 Å². The van der Waals surface area contributed by atoms with E-state index >= 15 is 0 Å². The van der Waals surface area contributed by atoms with Gasteiger partial charge in [0.1, 0.15) is 0 Å². The molecule has 6 heteroatoms. The van der Waals surface area contributed by atoms with Crippen LogP contribution in [0.25, 0.3) is 0 Å². The zero-order valence-corrected chi connectivity index (χ0v) is 9.26. The van der Waals surface area contributed by atoms with Crippen LogP contribution in [0.5, 0.6) is 0 Å². The van der Waals surface area contributed by atoms with E-state index in [9.17, 15) is 0 Å². The van der Waals surface area contributed by atoms with E-state index in [2.05, 4.69) is 8.80 Å². The van der Waals surface area contributed by atoms with Crippen molar-refractivity contribution in [3.63, 3.8) is 0 Å². The minimum atomic E-state index is 1.49. The lowest BCUT2D eigenvalue weighted by atomic mass is 10.7. The van der Waals surface area contributed by atoms with Gasteiger partial charge in [-0.2, -0.15) is 0 Å². The Morgan fingerprint density at radius 3 is 1.33 bits per heavy atom. The van der Waals surface area contributed by atoms with E-state index in [0.29, 0.717) is 0 Å². The second-order valence-corrected chi connectivity index (χ2v) is 5.21. The van der Waals surface area contributed by atoms with Gasteiger partial charge in [0.25, 0.3) is 0 Å². The summed E-state index contributed by atoms with van der Waals surface area (Å²) < 4.78 is 7.69. The van der Waals surface area contributed by atoms with Crippen LogP contribution in [0.4, 0.5) is 0 Å². The summed E-state index contributed by atoms with van der Waals surface area (Å²) >= 11 is 0. The SMILES string of the molecule is C1=CSSN=C1.C1=CSSN=C1. The van der Waals surface area contributed by atoms with Crippen LogP contribution in [0.15, 0.2) is 31.8 Å². The zero-order valence-electron chi connectivity index (χ0n) is 5.99. The predicted molar refractivity (Wildman–Crippen MR) is 65.6 cm³/mol. The lowest BCUT2D eigenvalue weighted by Crippen LogP contribution is -1.60. The molecule has 2 rings (SSSR count). The van der Waals surface area contributed by atoms with Gasteiger partial charge in [0.15, 0.2) is 0 Å². The fourth-order valence-corrected chi connectivity index (χ4v) is 2.34. The molecule has 0 aromatic heterocycles. The third-order valence-electron chi connectivity index (χ3n) is 0.734. The van der Waals surface area contributed by atoms with Crippen molar-refractivity contribution in [3.05, 3.63) is 23.0 Å². The summed E-state index contributed by atoms with van der Waals surface area (Å²) in [6, 6.07) is 0. The van der Waals surface area contributed by atoms with Crippen molar-refractivity contribution >= 4 is 56.0 Å². The molecule has 0 radical (unpaired) electrons. The molecule has 2 nitrogen and oxygen atoms in total. The quantitative estimate of drug-likeness (QED) is 0.470. The number of hydrogen-bond donors (Lipinski definition) is 0. The molecule has 0 spiro atoms. The maximum Gasteiger partial charge on any atom is 0.0480 e. The molecule has 0 amide bonds. The average molecular weight is 234 g/mol. The summed E-state index contributed by atoms with van der Waals surface area (Å²) in [6.45, 7) is 0. The summed E-state index contributed by atoms with van der Waals surface area (Å²) in [7, 11) is 6.25. The number of hydrogen-bond acceptors (Lipinski definition) is 6. The minimum Gasteiger partial charge on any atom is -0.213 e. The van der Waals surface area contributed by atoms with Crippen molar-refractivity contribution in [1.29, 1.82) is 0 Å². The number of rotatable bonds is 0. The molecular formula is C6H6N2S4. The lowest BCUT2D eigenvalue weighted by molar-refractivity contribution is 2.00. The van der Waals surface area contributed by atoms with Crippen molar-refractivity contribution < 1.29 is 0 Å². The highest BCUT2D eigenvalue weighted by molar-refractivity contribution is 8.77. The lowest BCUT2D eigenvalue weighted by Gasteiger charge is -1.86. The van der Waals surface area contributed by atoms with Gasteiger partial charge < -0.3 is 0 Å². The molecule has 0 aromatic carbocycles. The van der Waals surface area contributed by atoms with Crippen LogP contribution in [0.1, 0.15) is 0 Å². The molecule has 0 fully saturated rings. The molecule has 2 aliphatic rings. The van der Waals surface area contributed by atoms with Crippen molar-refractivity contribution in [3.8, 4) is 0 Å². The molecule has 0 unspecified atom stereocenters. The largest absolute Gasteiger partial charge is 0.213 e. The summed E-state index contributed by atoms with van der Waals surface area (Å²) in [6.07, 6.45) is 7.39. The van der Waals surface area contributed by atoms with Crippen LogP contribution < -0.4 is 0 Å². The van der Waals surface area contributed by atoms with Crippen molar-refractivity contribution in [2.45, 2.75) is 0 Å². The molecule has 0 saturated heterocycles. The molecule has 0 aliphatic carbocycles. The van der Waals surface area contributed by atoms with Gasteiger partial charge >= 0.3 is 0 Å². The maximum absolute atomic E-state index is 3.84. The molecule has 0 atom stereocenters. The Kier molecular flexibility index (Phi) is 6.74. The van der Waals surface area contributed by atoms with Gasteiger partial charge in [0, 0.05) is 34.4 Å². The highest BCUT2D eigenvalue weighted by Crippen LogP contribution is 2.25. The summed E-state index contributed by atoms with van der Waals surface area (Å²) in [5.74, 6) is 0. The fourth-order valence-electron chi connectivity index (χ4n) is 0.354. The summed E-state index contributed by atoms with van der Waals surface area (Å²) in [4.78, 5) is 0. The molecule has 0 saturated carbocycles. The highest BCUT2D eigenvalue weighted by atomic mass is 33.1. The van der Waals surface area contributed by atoms with Crippen molar-refractivity contribution in [2.24, 2.45) is 8.80 Å². The number of allylic oxidation sites excluding steroid dienone is 2. The Balaban J connectivity index is 0.000000120. The smallest absolute Gasteiger partial charge is 0.0480 e. The molecule has 2 heterocycles. The van der Waals surface area contributed by atoms with Crippen molar-refractivity contribution in [2.75, 3.05) is 0 Å². The fraction of sp³-hybridized carbons (Fsp3) is 0. The molecular weight excluding hydrogens is 228 g/mol. The Bertz CT molecular complexity index is 174. The van der Waals surface area contributed by atoms with Gasteiger partial charge in [-0.1, -0.05) is 0 Å². The first-order chi connectivity index (χ1) is 6.00. The second-order valence-electron chi connectivity index (χ2n) is 1.51. The van der Waals surface area contributed by atoms with Crippen LogP contribution in [0.2, 0.25) is 0 Å². The summed E-state index contributed by atoms with van der Waals surface area (Å²) in [5, 5.41) is 4.00. The Hall–Kier alpha value is 0.220. The van der Waals surface area contributed by atoms with Gasteiger partial charge in [-0.3, -0.25) is 0 Å². The maximum atomic E-state index is 3.84. The monoisotopic (exact) mass is 234 g/mol. The Morgan fingerprint density at radius 2 is 1.25 bits per heavy atom. The predicted octanol–water partition coefficient (Wildman–Crippen LogP) is 3.76. The third-order valence-corrected chi connectivity index (χ3v) is 3.56. The van der Waals surface area contributed by atoms with E-state index in [1.807, 2.05) is 23.0 Å². The summed E-state index contributed by atoms with van der Waals surface area (Å²) in [5.41, 5.74) is 0. The highest BCUT2D eigenvalue weighted by Gasteiger charge is 1.80. The molecule has 0 bridgehead atoms. The van der Waals surface area contributed by atoms with Crippen LogP contribution in [-0.2, 0) is 0 Å². The van der Waals surface area contributed by atoms with Gasteiger partial charge in [0.2, 0.25) is 0 Å². The van der Waals surface area contributed by atoms with E-state index in [1.54, 1.807) is 34.0 Å². The first-order valence-corrected chi connectivity index (χ1v) is 7.36. The Labute approximate surface area is 87.5 Å². The second kappa shape index (κ2) is 7.85. The van der Waals surface area contributed by atoms with Crippen LogP contribution in [-0.4, -0.2) is 12.4 Å². The number of nitrogens with zero attached hydrogens (tertiary/aromatic N) is 2. The van der Waals surface area contributed by atoms with E-state index in [0.717, 1.165) is 0 Å². The van der Waals surface area contributed by atoms with E-state index in [-0.39, 0.29) is 0 Å². The van der Waals surface area contributed by atoms with E-state index < -0.39 is 0 Å². The van der Waals surface area contributed by atoms with Crippen LogP contribution in [0.3, 0.4) is 0 Å². The average Bonchev–Trinajstić information content (AvgIpc) is 2.24. The molecule has 64 valence electrons. The molecule has 0 N–H and O–H groups in total. The topological polar surface area (TPSA) is 24.7 Å². The molecule has 12 heavy (non-hydrogen) atoms. The molecule has 2 aliphatic heterocycles. The first kappa shape index (κ1) is 10.3. The van der Waals surface area contributed by atoms with E-state index in [1.165, 1.54) is 22.0 Å². The Morgan fingerprint density at radius 1 is 0.750 bits per heavy atom. The van der Waals surface area contributed by atoms with Crippen molar-refractivity contribution in [1.82, 2.24) is 0 Å². The van der Waals surface area contributed by atoms with Crippen LogP contribution >= 0.6 is 43.5 Å². The standard InChI is InChI=1S/2C3H3NS2/c2*1-2-4-6-5-3-1/h2*1-3H. The van der Waals surface area contributed by atoms with E-state index in [4.69, 9.17) is 0 Å². The third kappa shape index (κ3) is 5.82. The van der Waals surface area contributed by atoms with Crippen LogP contribution in [0, 0.1) is 0 Å². The van der Waals surface area contributed by atoms with Gasteiger partial charge in [0.05, 0.1) is 0 Å². The molecule has 0 aromatic rings.